The molecule has 0 unspecified atom stereocenters. The van der Waals surface area contributed by atoms with Crippen molar-refractivity contribution in [2.75, 3.05) is 17.7 Å². The van der Waals surface area contributed by atoms with Crippen LogP contribution in [-0.4, -0.2) is 22.5 Å². The maximum absolute atomic E-state index is 11.9. The number of anilines is 3. The lowest BCUT2D eigenvalue weighted by atomic mass is 10.2. The standard InChI is InChI=1S/C19H18N4O3/c1-2-25-19(24)13-7-6-8-14(11-13)23-17-16(20)18(22-12-21-17)26-15-9-4-3-5-10-15/h3-12H,2,20H2,1H3,(H,21,22,23). The van der Waals surface area contributed by atoms with Gasteiger partial charge in [0.1, 0.15) is 17.8 Å². The summed E-state index contributed by atoms with van der Waals surface area (Å²) >= 11 is 0. The number of nitrogens with two attached hydrogens (primary N) is 1. The number of hydrogen-bond donors (Lipinski definition) is 2. The number of para-hydroxylation sites is 1. The molecule has 132 valence electrons. The molecule has 0 amide bonds. The van der Waals surface area contributed by atoms with E-state index >= 15 is 0 Å². The first-order valence-electron chi connectivity index (χ1n) is 8.05. The molecule has 1 heterocycles. The predicted octanol–water partition coefficient (Wildman–Crippen LogP) is 3.77. The van der Waals surface area contributed by atoms with E-state index in [1.165, 1.54) is 6.33 Å². The van der Waals surface area contributed by atoms with Crippen molar-refractivity contribution in [2.24, 2.45) is 0 Å². The number of benzene rings is 2. The van der Waals surface area contributed by atoms with E-state index in [-0.39, 0.29) is 17.5 Å². The van der Waals surface area contributed by atoms with Crippen LogP contribution in [0, 0.1) is 0 Å². The summed E-state index contributed by atoms with van der Waals surface area (Å²) in [6, 6.07) is 16.1. The maximum atomic E-state index is 11.9. The highest BCUT2D eigenvalue weighted by atomic mass is 16.5. The molecule has 3 N–H and O–H groups in total. The zero-order valence-corrected chi connectivity index (χ0v) is 14.2. The van der Waals surface area contributed by atoms with Crippen LogP contribution in [0.3, 0.4) is 0 Å². The molecule has 0 bridgehead atoms. The Morgan fingerprint density at radius 1 is 1.12 bits per heavy atom. The number of ether oxygens (including phenoxy) is 2. The first-order chi connectivity index (χ1) is 12.7. The Hall–Kier alpha value is -3.61. The molecule has 0 aliphatic heterocycles. The van der Waals surface area contributed by atoms with E-state index in [2.05, 4.69) is 15.3 Å². The van der Waals surface area contributed by atoms with Crippen molar-refractivity contribution in [3.63, 3.8) is 0 Å². The van der Waals surface area contributed by atoms with E-state index in [0.29, 0.717) is 29.4 Å². The largest absolute Gasteiger partial charge is 0.462 e. The third-order valence-electron chi connectivity index (χ3n) is 3.44. The summed E-state index contributed by atoms with van der Waals surface area (Å²) in [7, 11) is 0. The molecule has 0 spiro atoms. The first kappa shape index (κ1) is 17.2. The van der Waals surface area contributed by atoms with Gasteiger partial charge in [-0.25, -0.2) is 9.78 Å². The topological polar surface area (TPSA) is 99.4 Å². The average Bonchev–Trinajstić information content (AvgIpc) is 2.66. The summed E-state index contributed by atoms with van der Waals surface area (Å²) in [5.41, 5.74) is 7.46. The van der Waals surface area contributed by atoms with Crippen LogP contribution in [0.1, 0.15) is 17.3 Å². The van der Waals surface area contributed by atoms with Gasteiger partial charge < -0.3 is 20.5 Å². The third kappa shape index (κ3) is 4.07. The van der Waals surface area contributed by atoms with E-state index in [0.717, 1.165) is 0 Å². The van der Waals surface area contributed by atoms with E-state index in [1.54, 1.807) is 43.3 Å². The minimum Gasteiger partial charge on any atom is -0.462 e. The van der Waals surface area contributed by atoms with Crippen molar-refractivity contribution < 1.29 is 14.3 Å². The van der Waals surface area contributed by atoms with Crippen LogP contribution in [0.4, 0.5) is 17.2 Å². The van der Waals surface area contributed by atoms with Crippen molar-refractivity contribution in [2.45, 2.75) is 6.92 Å². The van der Waals surface area contributed by atoms with E-state index in [9.17, 15) is 4.79 Å². The van der Waals surface area contributed by atoms with E-state index in [1.807, 2.05) is 18.2 Å². The lowest BCUT2D eigenvalue weighted by molar-refractivity contribution is 0.0526. The normalized spacial score (nSPS) is 10.2. The van der Waals surface area contributed by atoms with Gasteiger partial charge in [-0.2, -0.15) is 4.98 Å². The number of hydrogen-bond acceptors (Lipinski definition) is 7. The SMILES string of the molecule is CCOC(=O)c1cccc(Nc2ncnc(Oc3ccccc3)c2N)c1. The molecular weight excluding hydrogens is 332 g/mol. The molecule has 0 saturated carbocycles. The summed E-state index contributed by atoms with van der Waals surface area (Å²) in [5, 5.41) is 3.07. The molecule has 0 radical (unpaired) electrons. The van der Waals surface area contributed by atoms with Gasteiger partial charge in [0.2, 0.25) is 5.88 Å². The summed E-state index contributed by atoms with van der Waals surface area (Å²) in [5.74, 6) is 0.857. The van der Waals surface area contributed by atoms with Crippen LogP contribution in [0.25, 0.3) is 0 Å². The minimum atomic E-state index is -0.389. The van der Waals surface area contributed by atoms with Crippen LogP contribution in [0.5, 0.6) is 11.6 Å². The number of esters is 1. The van der Waals surface area contributed by atoms with Crippen LogP contribution in [0.2, 0.25) is 0 Å². The van der Waals surface area contributed by atoms with Crippen LogP contribution >= 0.6 is 0 Å². The molecule has 3 rings (SSSR count). The summed E-state index contributed by atoms with van der Waals surface area (Å²) < 4.78 is 10.7. The van der Waals surface area contributed by atoms with Crippen molar-refractivity contribution in [3.8, 4) is 11.6 Å². The highest BCUT2D eigenvalue weighted by Crippen LogP contribution is 2.30. The quantitative estimate of drug-likeness (QED) is 0.653. The van der Waals surface area contributed by atoms with Crippen molar-refractivity contribution in [1.82, 2.24) is 9.97 Å². The summed E-state index contributed by atoms with van der Waals surface area (Å²) in [4.78, 5) is 20.1. The molecule has 3 aromatic rings. The smallest absolute Gasteiger partial charge is 0.338 e. The second-order valence-corrected chi connectivity index (χ2v) is 5.28. The zero-order valence-electron chi connectivity index (χ0n) is 14.2. The zero-order chi connectivity index (χ0) is 18.4. The molecule has 26 heavy (non-hydrogen) atoms. The lowest BCUT2D eigenvalue weighted by Crippen LogP contribution is -2.06. The van der Waals surface area contributed by atoms with Gasteiger partial charge in [0.25, 0.3) is 0 Å². The number of rotatable bonds is 6. The highest BCUT2D eigenvalue weighted by molar-refractivity contribution is 5.91. The van der Waals surface area contributed by atoms with E-state index < -0.39 is 0 Å². The van der Waals surface area contributed by atoms with Gasteiger partial charge in [-0.15, -0.1) is 0 Å². The number of carbonyl (C=O) groups excluding carboxylic acids is 1. The second kappa shape index (κ2) is 7.98. The average molecular weight is 350 g/mol. The highest BCUT2D eigenvalue weighted by Gasteiger charge is 2.12. The lowest BCUT2D eigenvalue weighted by Gasteiger charge is -2.12. The summed E-state index contributed by atoms with van der Waals surface area (Å²) in [6.45, 7) is 2.07. The second-order valence-electron chi connectivity index (χ2n) is 5.28. The molecule has 7 heteroatoms. The Bertz CT molecular complexity index is 900. The molecule has 0 saturated heterocycles. The molecular formula is C19H18N4O3. The number of nitrogens with one attached hydrogen (secondary N) is 1. The number of nitrogens with zero attached hydrogens (tertiary/aromatic N) is 2. The molecule has 0 aliphatic carbocycles. The van der Waals surface area contributed by atoms with Gasteiger partial charge in [0, 0.05) is 5.69 Å². The number of nitrogen functional groups attached to an aromatic ring is 1. The Morgan fingerprint density at radius 2 is 1.92 bits per heavy atom. The van der Waals surface area contributed by atoms with Crippen LogP contribution in [0.15, 0.2) is 60.9 Å². The van der Waals surface area contributed by atoms with Crippen molar-refractivity contribution in [3.05, 3.63) is 66.5 Å². The third-order valence-corrected chi connectivity index (χ3v) is 3.44. The maximum Gasteiger partial charge on any atom is 0.338 e. The fraction of sp³-hybridized carbons (Fsp3) is 0.105. The summed E-state index contributed by atoms with van der Waals surface area (Å²) in [6.07, 6.45) is 1.35. The molecule has 7 nitrogen and oxygen atoms in total. The Kier molecular flexibility index (Phi) is 5.28. The van der Waals surface area contributed by atoms with Gasteiger partial charge in [-0.3, -0.25) is 0 Å². The minimum absolute atomic E-state index is 0.246. The van der Waals surface area contributed by atoms with Gasteiger partial charge in [0.15, 0.2) is 5.82 Å². The Morgan fingerprint density at radius 3 is 2.69 bits per heavy atom. The van der Waals surface area contributed by atoms with Crippen molar-refractivity contribution in [1.29, 1.82) is 0 Å². The van der Waals surface area contributed by atoms with Gasteiger partial charge in [-0.05, 0) is 37.3 Å². The molecule has 0 atom stereocenters. The van der Waals surface area contributed by atoms with Crippen molar-refractivity contribution >= 4 is 23.2 Å². The fourth-order valence-corrected chi connectivity index (χ4v) is 2.24. The van der Waals surface area contributed by atoms with Gasteiger partial charge >= 0.3 is 5.97 Å². The Balaban J connectivity index is 1.81. The fourth-order valence-electron chi connectivity index (χ4n) is 2.24. The first-order valence-corrected chi connectivity index (χ1v) is 8.05. The predicted molar refractivity (Wildman–Crippen MR) is 98.6 cm³/mol. The van der Waals surface area contributed by atoms with Gasteiger partial charge in [0.05, 0.1) is 12.2 Å². The molecule has 0 aliphatic rings. The van der Waals surface area contributed by atoms with Crippen LogP contribution < -0.4 is 15.8 Å². The van der Waals surface area contributed by atoms with E-state index in [4.69, 9.17) is 15.2 Å². The molecule has 1 aromatic heterocycles. The molecule has 2 aromatic carbocycles. The molecule has 0 fully saturated rings. The van der Waals surface area contributed by atoms with Crippen LogP contribution in [-0.2, 0) is 4.74 Å². The number of aromatic nitrogens is 2. The number of carbonyl (C=O) groups is 1. The van der Waals surface area contributed by atoms with Gasteiger partial charge in [-0.1, -0.05) is 24.3 Å². The Labute approximate surface area is 150 Å². The monoisotopic (exact) mass is 350 g/mol.